The molecule has 0 aromatic heterocycles. The Bertz CT molecular complexity index is 366. The zero-order chi connectivity index (χ0) is 12.7. The molecule has 1 amide bonds. The summed E-state index contributed by atoms with van der Waals surface area (Å²) in [4.78, 5) is 11.0. The van der Waals surface area contributed by atoms with Crippen LogP contribution in [0.5, 0.6) is 0 Å². The summed E-state index contributed by atoms with van der Waals surface area (Å²) in [5.41, 5.74) is 1.93. The van der Waals surface area contributed by atoms with E-state index in [4.69, 9.17) is 5.11 Å². The maximum absolute atomic E-state index is 11.0. The number of amides is 1. The van der Waals surface area contributed by atoms with Crippen molar-refractivity contribution in [2.24, 2.45) is 0 Å². The molecule has 94 valence electrons. The summed E-state index contributed by atoms with van der Waals surface area (Å²) in [5.74, 6) is -0.0666. The van der Waals surface area contributed by atoms with Crippen molar-refractivity contribution in [1.82, 2.24) is 5.32 Å². The number of hydrogen-bond donors (Lipinski definition) is 3. The summed E-state index contributed by atoms with van der Waals surface area (Å²) < 4.78 is 0. The molecule has 1 atom stereocenters. The van der Waals surface area contributed by atoms with Gasteiger partial charge < -0.3 is 15.7 Å². The minimum absolute atomic E-state index is 0.0666. The molecule has 17 heavy (non-hydrogen) atoms. The van der Waals surface area contributed by atoms with Crippen LogP contribution in [-0.2, 0) is 4.79 Å². The van der Waals surface area contributed by atoms with Crippen LogP contribution < -0.4 is 10.6 Å². The first-order chi connectivity index (χ1) is 8.13. The lowest BCUT2D eigenvalue weighted by molar-refractivity contribution is -0.114. The Kier molecular flexibility index (Phi) is 5.66. The van der Waals surface area contributed by atoms with Crippen molar-refractivity contribution in [2.45, 2.75) is 26.3 Å². The number of carbonyl (C=O) groups is 1. The van der Waals surface area contributed by atoms with E-state index in [1.165, 1.54) is 6.92 Å². The summed E-state index contributed by atoms with van der Waals surface area (Å²) in [7, 11) is 0. The highest BCUT2D eigenvalue weighted by Crippen LogP contribution is 2.17. The van der Waals surface area contributed by atoms with Crippen molar-refractivity contribution in [3.05, 3.63) is 29.8 Å². The lowest BCUT2D eigenvalue weighted by Crippen LogP contribution is -2.20. The maximum Gasteiger partial charge on any atom is 0.221 e. The first kappa shape index (κ1) is 13.7. The van der Waals surface area contributed by atoms with Crippen molar-refractivity contribution in [2.75, 3.05) is 18.5 Å². The number of carbonyl (C=O) groups excluding carboxylic acids is 1. The van der Waals surface area contributed by atoms with Crippen molar-refractivity contribution in [3.63, 3.8) is 0 Å². The molecule has 0 aliphatic rings. The molecule has 0 spiro atoms. The highest BCUT2D eigenvalue weighted by molar-refractivity contribution is 5.88. The van der Waals surface area contributed by atoms with E-state index in [9.17, 15) is 4.79 Å². The topological polar surface area (TPSA) is 61.4 Å². The Morgan fingerprint density at radius 1 is 1.47 bits per heavy atom. The third kappa shape index (κ3) is 4.97. The van der Waals surface area contributed by atoms with Gasteiger partial charge in [-0.05, 0) is 37.6 Å². The predicted octanol–water partition coefficient (Wildman–Crippen LogP) is 1.68. The zero-order valence-electron chi connectivity index (χ0n) is 10.4. The molecule has 0 heterocycles. The second-order valence-electron chi connectivity index (χ2n) is 4.06. The molecule has 0 bridgehead atoms. The Hall–Kier alpha value is -1.39. The van der Waals surface area contributed by atoms with Gasteiger partial charge in [-0.1, -0.05) is 12.1 Å². The second kappa shape index (κ2) is 7.04. The number of anilines is 1. The maximum atomic E-state index is 11.0. The van der Waals surface area contributed by atoms with Gasteiger partial charge in [0.1, 0.15) is 0 Å². The molecule has 0 aliphatic heterocycles. The van der Waals surface area contributed by atoms with Crippen molar-refractivity contribution < 1.29 is 9.90 Å². The highest BCUT2D eigenvalue weighted by Gasteiger charge is 2.05. The van der Waals surface area contributed by atoms with E-state index < -0.39 is 0 Å². The fraction of sp³-hybridized carbons (Fsp3) is 0.462. The van der Waals surface area contributed by atoms with Crippen LogP contribution in [0, 0.1) is 0 Å². The van der Waals surface area contributed by atoms with Gasteiger partial charge in [-0.3, -0.25) is 4.79 Å². The van der Waals surface area contributed by atoms with Crippen LogP contribution >= 0.6 is 0 Å². The molecular formula is C13H20N2O2. The molecule has 1 aromatic rings. The summed E-state index contributed by atoms with van der Waals surface area (Å²) in [6.07, 6.45) is 0.746. The average molecular weight is 236 g/mol. The van der Waals surface area contributed by atoms with E-state index in [1.54, 1.807) is 0 Å². The fourth-order valence-corrected chi connectivity index (χ4v) is 1.60. The SMILES string of the molecule is CC(=O)Nc1cccc(C(C)NCCCO)c1. The van der Waals surface area contributed by atoms with E-state index >= 15 is 0 Å². The number of rotatable bonds is 6. The Morgan fingerprint density at radius 2 is 2.24 bits per heavy atom. The monoisotopic (exact) mass is 236 g/mol. The number of benzene rings is 1. The molecule has 1 unspecified atom stereocenters. The third-order valence-corrected chi connectivity index (χ3v) is 2.49. The minimum Gasteiger partial charge on any atom is -0.396 e. The van der Waals surface area contributed by atoms with Crippen LogP contribution in [-0.4, -0.2) is 24.2 Å². The molecule has 0 fully saturated rings. The molecule has 3 N–H and O–H groups in total. The highest BCUT2D eigenvalue weighted by atomic mass is 16.3. The van der Waals surface area contributed by atoms with Crippen molar-refractivity contribution in [3.8, 4) is 0 Å². The van der Waals surface area contributed by atoms with E-state index in [2.05, 4.69) is 17.6 Å². The molecule has 4 nitrogen and oxygen atoms in total. The van der Waals surface area contributed by atoms with Gasteiger partial charge in [0.15, 0.2) is 0 Å². The molecule has 1 aromatic carbocycles. The molecule has 0 radical (unpaired) electrons. The summed E-state index contributed by atoms with van der Waals surface area (Å²) >= 11 is 0. The second-order valence-corrected chi connectivity index (χ2v) is 4.06. The van der Waals surface area contributed by atoms with Gasteiger partial charge in [-0.25, -0.2) is 0 Å². The van der Waals surface area contributed by atoms with Crippen molar-refractivity contribution in [1.29, 1.82) is 0 Å². The van der Waals surface area contributed by atoms with Gasteiger partial charge in [0.2, 0.25) is 5.91 Å². The normalized spacial score (nSPS) is 12.2. The minimum atomic E-state index is -0.0666. The molecule has 4 heteroatoms. The number of aliphatic hydroxyl groups excluding tert-OH is 1. The standard InChI is InChI=1S/C13H20N2O2/c1-10(14-7-4-8-16)12-5-3-6-13(9-12)15-11(2)17/h3,5-6,9-10,14,16H,4,7-8H2,1-2H3,(H,15,17). The average Bonchev–Trinajstić information content (AvgIpc) is 2.28. The summed E-state index contributed by atoms with van der Waals surface area (Å²) in [5, 5.41) is 14.8. The molecular weight excluding hydrogens is 216 g/mol. The van der Waals surface area contributed by atoms with Crippen LogP contribution in [0.3, 0.4) is 0 Å². The molecule has 0 saturated carbocycles. The lowest BCUT2D eigenvalue weighted by Gasteiger charge is -2.15. The Morgan fingerprint density at radius 3 is 2.88 bits per heavy atom. The first-order valence-corrected chi connectivity index (χ1v) is 5.85. The van der Waals surface area contributed by atoms with E-state index in [0.29, 0.717) is 0 Å². The van der Waals surface area contributed by atoms with Gasteiger partial charge in [-0.15, -0.1) is 0 Å². The van der Waals surface area contributed by atoms with Crippen LogP contribution in [0.1, 0.15) is 31.9 Å². The van der Waals surface area contributed by atoms with Crippen LogP contribution in [0.15, 0.2) is 24.3 Å². The third-order valence-electron chi connectivity index (χ3n) is 2.49. The fourth-order valence-electron chi connectivity index (χ4n) is 1.60. The largest absolute Gasteiger partial charge is 0.396 e. The predicted molar refractivity (Wildman–Crippen MR) is 68.9 cm³/mol. The smallest absolute Gasteiger partial charge is 0.221 e. The van der Waals surface area contributed by atoms with Crippen LogP contribution in [0.2, 0.25) is 0 Å². The van der Waals surface area contributed by atoms with E-state index in [1.807, 2.05) is 24.3 Å². The van der Waals surface area contributed by atoms with Gasteiger partial charge in [0.25, 0.3) is 0 Å². The van der Waals surface area contributed by atoms with Gasteiger partial charge >= 0.3 is 0 Å². The summed E-state index contributed by atoms with van der Waals surface area (Å²) in [6.45, 7) is 4.54. The van der Waals surface area contributed by atoms with Crippen LogP contribution in [0.4, 0.5) is 5.69 Å². The van der Waals surface area contributed by atoms with E-state index in [-0.39, 0.29) is 18.6 Å². The number of hydrogen-bond acceptors (Lipinski definition) is 3. The van der Waals surface area contributed by atoms with Gasteiger partial charge in [-0.2, -0.15) is 0 Å². The Labute approximate surface area is 102 Å². The van der Waals surface area contributed by atoms with Gasteiger partial charge in [0.05, 0.1) is 0 Å². The molecule has 0 aliphatic carbocycles. The first-order valence-electron chi connectivity index (χ1n) is 5.85. The van der Waals surface area contributed by atoms with E-state index in [0.717, 1.165) is 24.2 Å². The number of nitrogens with one attached hydrogen (secondary N) is 2. The lowest BCUT2D eigenvalue weighted by atomic mass is 10.1. The van der Waals surface area contributed by atoms with Crippen LogP contribution in [0.25, 0.3) is 0 Å². The molecule has 1 rings (SSSR count). The van der Waals surface area contributed by atoms with Crippen molar-refractivity contribution >= 4 is 11.6 Å². The zero-order valence-corrected chi connectivity index (χ0v) is 10.4. The van der Waals surface area contributed by atoms with Gasteiger partial charge in [0, 0.05) is 25.3 Å². The summed E-state index contributed by atoms with van der Waals surface area (Å²) in [6, 6.07) is 7.96. The Balaban J connectivity index is 2.60. The molecule has 0 saturated heterocycles. The quantitative estimate of drug-likeness (QED) is 0.658. The number of aliphatic hydroxyl groups is 1.